The van der Waals surface area contributed by atoms with Gasteiger partial charge in [-0.2, -0.15) is 4.98 Å². The minimum Gasteiger partial charge on any atom is -0.482 e. The summed E-state index contributed by atoms with van der Waals surface area (Å²) in [7, 11) is 1.30. The van der Waals surface area contributed by atoms with Crippen LogP contribution in [0.25, 0.3) is 5.78 Å². The van der Waals surface area contributed by atoms with Crippen molar-refractivity contribution < 1.29 is 19.1 Å². The van der Waals surface area contributed by atoms with Crippen molar-refractivity contribution in [2.75, 3.05) is 19.0 Å². The van der Waals surface area contributed by atoms with E-state index in [4.69, 9.17) is 4.74 Å². The molecule has 34 heavy (non-hydrogen) atoms. The lowest BCUT2D eigenvalue weighted by atomic mass is 10.1. The van der Waals surface area contributed by atoms with E-state index in [-0.39, 0.29) is 12.5 Å². The number of aryl methyl sites for hydroxylation is 2. The van der Waals surface area contributed by atoms with Gasteiger partial charge < -0.3 is 14.8 Å². The number of benzene rings is 2. The number of nitrogens with one attached hydrogen (secondary N) is 1. The molecule has 0 aliphatic rings. The Morgan fingerprint density at radius 3 is 2.59 bits per heavy atom. The van der Waals surface area contributed by atoms with E-state index in [1.54, 1.807) is 34.8 Å². The SMILES string of the molecule is COC(=O)COc1ccc(NC(=O)c2ccccc2CSc2nc3nc(C)cc(C)n3n2)cc1. The third kappa shape index (κ3) is 5.52. The zero-order valence-corrected chi connectivity index (χ0v) is 19.8. The van der Waals surface area contributed by atoms with Gasteiger partial charge in [0.1, 0.15) is 5.75 Å². The highest BCUT2D eigenvalue weighted by Crippen LogP contribution is 2.24. The molecule has 174 valence electrons. The number of carbonyl (C=O) groups excluding carboxylic acids is 2. The number of rotatable bonds is 8. The van der Waals surface area contributed by atoms with Gasteiger partial charge in [-0.1, -0.05) is 30.0 Å². The van der Waals surface area contributed by atoms with E-state index in [9.17, 15) is 9.59 Å². The van der Waals surface area contributed by atoms with Crippen LogP contribution in [0.4, 0.5) is 5.69 Å². The summed E-state index contributed by atoms with van der Waals surface area (Å²) in [5, 5.41) is 8.01. The lowest BCUT2D eigenvalue weighted by Gasteiger charge is -2.10. The van der Waals surface area contributed by atoms with Crippen molar-refractivity contribution in [1.29, 1.82) is 0 Å². The van der Waals surface area contributed by atoms with E-state index < -0.39 is 5.97 Å². The van der Waals surface area contributed by atoms with Crippen molar-refractivity contribution in [3.05, 3.63) is 77.1 Å². The number of hydrogen-bond donors (Lipinski definition) is 1. The first-order valence-electron chi connectivity index (χ1n) is 10.5. The van der Waals surface area contributed by atoms with Crippen LogP contribution in [0.2, 0.25) is 0 Å². The van der Waals surface area contributed by atoms with Crippen molar-refractivity contribution >= 4 is 35.1 Å². The van der Waals surface area contributed by atoms with E-state index in [0.717, 1.165) is 17.0 Å². The van der Waals surface area contributed by atoms with Gasteiger partial charge in [-0.05, 0) is 55.8 Å². The van der Waals surface area contributed by atoms with Crippen LogP contribution in [0.3, 0.4) is 0 Å². The summed E-state index contributed by atoms with van der Waals surface area (Å²) in [4.78, 5) is 33.0. The second-order valence-corrected chi connectivity index (χ2v) is 8.38. The summed E-state index contributed by atoms with van der Waals surface area (Å²) in [5.41, 5.74) is 3.89. The summed E-state index contributed by atoms with van der Waals surface area (Å²) in [6.07, 6.45) is 0. The molecule has 0 atom stereocenters. The molecule has 0 bridgehead atoms. The Bertz CT molecular complexity index is 1340. The molecule has 0 aliphatic heterocycles. The molecule has 0 saturated heterocycles. The maximum Gasteiger partial charge on any atom is 0.343 e. The summed E-state index contributed by atoms with van der Waals surface area (Å²) >= 11 is 1.45. The van der Waals surface area contributed by atoms with Gasteiger partial charge in [0.15, 0.2) is 6.61 Å². The Labute approximate surface area is 200 Å². The lowest BCUT2D eigenvalue weighted by Crippen LogP contribution is -2.14. The van der Waals surface area contributed by atoms with Crippen molar-refractivity contribution in [3.63, 3.8) is 0 Å². The molecule has 0 aliphatic carbocycles. The van der Waals surface area contributed by atoms with Crippen LogP contribution in [0.5, 0.6) is 5.75 Å². The number of hydrogen-bond acceptors (Lipinski definition) is 8. The Morgan fingerprint density at radius 2 is 1.82 bits per heavy atom. The lowest BCUT2D eigenvalue weighted by molar-refractivity contribution is -0.142. The number of amides is 1. The molecule has 9 nitrogen and oxygen atoms in total. The predicted molar refractivity (Wildman–Crippen MR) is 128 cm³/mol. The molecule has 0 saturated carbocycles. The molecule has 4 aromatic rings. The number of carbonyl (C=O) groups is 2. The third-order valence-electron chi connectivity index (χ3n) is 4.91. The summed E-state index contributed by atoms with van der Waals surface area (Å²) in [6.45, 7) is 3.71. The molecule has 0 radical (unpaired) electrons. The maximum absolute atomic E-state index is 12.9. The second-order valence-electron chi connectivity index (χ2n) is 7.43. The third-order valence-corrected chi connectivity index (χ3v) is 5.80. The van der Waals surface area contributed by atoms with E-state index in [0.29, 0.717) is 33.7 Å². The predicted octanol–water partition coefficient (Wildman–Crippen LogP) is 3.84. The van der Waals surface area contributed by atoms with Gasteiger partial charge in [-0.3, -0.25) is 4.79 Å². The van der Waals surface area contributed by atoms with Crippen LogP contribution in [-0.4, -0.2) is 45.2 Å². The Morgan fingerprint density at radius 1 is 1.06 bits per heavy atom. The van der Waals surface area contributed by atoms with Crippen LogP contribution in [0.1, 0.15) is 27.3 Å². The molecule has 1 N–H and O–H groups in total. The average Bonchev–Trinajstić information content (AvgIpc) is 3.25. The molecular weight excluding hydrogens is 454 g/mol. The molecule has 10 heteroatoms. The van der Waals surface area contributed by atoms with Crippen LogP contribution in [0.15, 0.2) is 59.8 Å². The van der Waals surface area contributed by atoms with E-state index in [2.05, 4.69) is 25.1 Å². The number of aromatic nitrogens is 4. The van der Waals surface area contributed by atoms with Gasteiger partial charge in [0.2, 0.25) is 5.16 Å². The fourth-order valence-corrected chi connectivity index (χ4v) is 4.08. The van der Waals surface area contributed by atoms with Gasteiger partial charge in [0, 0.05) is 28.4 Å². The first kappa shape index (κ1) is 23.2. The normalized spacial score (nSPS) is 10.8. The second kappa shape index (κ2) is 10.3. The number of methoxy groups -OCH3 is 1. The minimum absolute atomic E-state index is 0.177. The van der Waals surface area contributed by atoms with Gasteiger partial charge in [0.25, 0.3) is 11.7 Å². The molecule has 0 unspecified atom stereocenters. The molecule has 0 spiro atoms. The fourth-order valence-electron chi connectivity index (χ4n) is 3.25. The van der Waals surface area contributed by atoms with Crippen molar-refractivity contribution in [3.8, 4) is 5.75 Å². The zero-order valence-electron chi connectivity index (χ0n) is 18.9. The maximum atomic E-state index is 12.9. The van der Waals surface area contributed by atoms with Gasteiger partial charge >= 0.3 is 5.97 Å². The van der Waals surface area contributed by atoms with E-state index in [1.165, 1.54) is 18.9 Å². The average molecular weight is 478 g/mol. The molecule has 4 rings (SSSR count). The number of nitrogens with zero attached hydrogens (tertiary/aromatic N) is 4. The number of esters is 1. The largest absolute Gasteiger partial charge is 0.482 e. The Hall–Kier alpha value is -3.92. The quantitative estimate of drug-likeness (QED) is 0.301. The van der Waals surface area contributed by atoms with Crippen LogP contribution < -0.4 is 10.1 Å². The monoisotopic (exact) mass is 477 g/mol. The highest BCUT2D eigenvalue weighted by molar-refractivity contribution is 7.98. The smallest absolute Gasteiger partial charge is 0.343 e. The highest BCUT2D eigenvalue weighted by Gasteiger charge is 2.14. The molecule has 2 aromatic carbocycles. The van der Waals surface area contributed by atoms with Crippen molar-refractivity contribution in [1.82, 2.24) is 19.6 Å². The molecule has 0 fully saturated rings. The van der Waals surface area contributed by atoms with Crippen LogP contribution in [0, 0.1) is 13.8 Å². The molecular formula is C24H23N5O4S. The first-order valence-corrected chi connectivity index (χ1v) is 11.4. The summed E-state index contributed by atoms with van der Waals surface area (Å²) in [5.74, 6) is 0.895. The number of fused-ring (bicyclic) bond motifs is 1. The number of thioether (sulfide) groups is 1. The molecule has 1 amide bonds. The van der Waals surface area contributed by atoms with E-state index in [1.807, 2.05) is 38.1 Å². The Kier molecular flexibility index (Phi) is 7.07. The topological polar surface area (TPSA) is 108 Å². The van der Waals surface area contributed by atoms with E-state index >= 15 is 0 Å². The molecule has 2 heterocycles. The van der Waals surface area contributed by atoms with Gasteiger partial charge in [-0.15, -0.1) is 5.10 Å². The van der Waals surface area contributed by atoms with Gasteiger partial charge in [-0.25, -0.2) is 14.3 Å². The number of anilines is 1. The fraction of sp³-hybridized carbons (Fsp3) is 0.208. The highest BCUT2D eigenvalue weighted by atomic mass is 32.2. The number of ether oxygens (including phenoxy) is 2. The first-order chi connectivity index (χ1) is 16.4. The zero-order chi connectivity index (χ0) is 24.1. The van der Waals surface area contributed by atoms with Crippen LogP contribution in [-0.2, 0) is 15.3 Å². The standard InChI is InChI=1S/C24H23N5O4S/c1-15-12-16(2)29-23(25-15)27-24(28-29)34-14-17-6-4-5-7-20(17)22(31)26-18-8-10-19(11-9-18)33-13-21(30)32-3/h4-12H,13-14H2,1-3H3,(H,26,31). The van der Waals surface area contributed by atoms with Gasteiger partial charge in [0.05, 0.1) is 7.11 Å². The van der Waals surface area contributed by atoms with Crippen molar-refractivity contribution in [2.45, 2.75) is 24.8 Å². The van der Waals surface area contributed by atoms with Crippen LogP contribution >= 0.6 is 11.8 Å². The summed E-state index contributed by atoms with van der Waals surface area (Å²) < 4.78 is 11.6. The summed E-state index contributed by atoms with van der Waals surface area (Å²) in [6, 6.07) is 16.1. The minimum atomic E-state index is -0.466. The Balaban J connectivity index is 1.42. The van der Waals surface area contributed by atoms with Crippen molar-refractivity contribution in [2.24, 2.45) is 0 Å². The molecule has 2 aromatic heterocycles.